The molecule has 138 valence electrons. The molecule has 2 fully saturated rings. The number of nitrogens with zero attached hydrogens (tertiary/aromatic N) is 4. The summed E-state index contributed by atoms with van der Waals surface area (Å²) in [6.07, 6.45) is 1.31. The number of anilines is 1. The van der Waals surface area contributed by atoms with Gasteiger partial charge in [0.25, 0.3) is 0 Å². The zero-order chi connectivity index (χ0) is 18.4. The summed E-state index contributed by atoms with van der Waals surface area (Å²) in [5, 5.41) is 4.75. The van der Waals surface area contributed by atoms with Gasteiger partial charge in [-0.1, -0.05) is 30.3 Å². The van der Waals surface area contributed by atoms with Crippen LogP contribution in [0, 0.1) is 0 Å². The number of hydrogen-bond donors (Lipinski definition) is 0. The number of ether oxygens (including phenoxy) is 2. The zero-order valence-corrected chi connectivity index (χ0v) is 15.0. The number of aromatic nitrogens is 3. The molecular formula is C20H20N4O3. The van der Waals surface area contributed by atoms with Crippen LogP contribution in [0.25, 0.3) is 16.9 Å². The summed E-state index contributed by atoms with van der Waals surface area (Å²) < 4.78 is 12.6. The van der Waals surface area contributed by atoms with Crippen LogP contribution in [0.4, 0.5) is 5.82 Å². The molecule has 0 amide bonds. The number of fused-ring (bicyclic) bond motifs is 3. The third-order valence-electron chi connectivity index (χ3n) is 5.17. The van der Waals surface area contributed by atoms with Crippen LogP contribution >= 0.6 is 0 Å². The van der Waals surface area contributed by atoms with Gasteiger partial charge in [-0.25, -0.2) is 14.3 Å². The van der Waals surface area contributed by atoms with Gasteiger partial charge in [0.05, 0.1) is 25.4 Å². The highest BCUT2D eigenvalue weighted by molar-refractivity contribution is 5.95. The predicted molar refractivity (Wildman–Crippen MR) is 99.9 cm³/mol. The number of carbonyl (C=O) groups excluding carboxylic acids is 1. The van der Waals surface area contributed by atoms with E-state index in [0.717, 1.165) is 31.0 Å². The lowest BCUT2D eigenvalue weighted by atomic mass is 10.1. The van der Waals surface area contributed by atoms with Crippen molar-refractivity contribution in [1.29, 1.82) is 0 Å². The third-order valence-corrected chi connectivity index (χ3v) is 5.17. The van der Waals surface area contributed by atoms with E-state index in [1.165, 1.54) is 0 Å². The van der Waals surface area contributed by atoms with E-state index < -0.39 is 5.97 Å². The number of hydrogen-bond acceptors (Lipinski definition) is 6. The molecule has 4 heterocycles. The Balaban J connectivity index is 1.65. The van der Waals surface area contributed by atoms with Gasteiger partial charge in [0.15, 0.2) is 11.3 Å². The lowest BCUT2D eigenvalue weighted by molar-refractivity contribution is 0.0517. The molecule has 0 spiro atoms. The Morgan fingerprint density at radius 1 is 1.26 bits per heavy atom. The van der Waals surface area contributed by atoms with E-state index in [-0.39, 0.29) is 6.10 Å². The molecule has 0 saturated carbocycles. The molecule has 2 bridgehead atoms. The zero-order valence-electron chi connectivity index (χ0n) is 15.0. The molecular weight excluding hydrogens is 344 g/mol. The quantitative estimate of drug-likeness (QED) is 0.663. The summed E-state index contributed by atoms with van der Waals surface area (Å²) in [6, 6.07) is 13.9. The first-order valence-electron chi connectivity index (χ1n) is 9.25. The van der Waals surface area contributed by atoms with Gasteiger partial charge < -0.3 is 14.4 Å². The van der Waals surface area contributed by atoms with E-state index in [9.17, 15) is 4.79 Å². The maximum absolute atomic E-state index is 12.7. The molecule has 3 aromatic rings. The SMILES string of the molecule is CCOC(=O)c1c(-c2ccccc2)nc2ccc(N3C[C@H]4C[C@@H]3CO4)nn12. The van der Waals surface area contributed by atoms with E-state index in [1.807, 2.05) is 42.5 Å². The monoisotopic (exact) mass is 364 g/mol. The minimum Gasteiger partial charge on any atom is -0.461 e. The number of esters is 1. The fourth-order valence-electron chi connectivity index (χ4n) is 3.94. The van der Waals surface area contributed by atoms with Crippen LogP contribution in [-0.2, 0) is 9.47 Å². The molecule has 27 heavy (non-hydrogen) atoms. The molecule has 1 aromatic carbocycles. The minimum absolute atomic E-state index is 0.277. The summed E-state index contributed by atoms with van der Waals surface area (Å²) in [5.41, 5.74) is 2.44. The summed E-state index contributed by atoms with van der Waals surface area (Å²) in [6.45, 7) is 3.66. The molecule has 2 aliphatic heterocycles. The first-order chi connectivity index (χ1) is 13.2. The van der Waals surface area contributed by atoms with Gasteiger partial charge in [-0.15, -0.1) is 5.10 Å². The maximum atomic E-state index is 12.7. The number of rotatable bonds is 4. The van der Waals surface area contributed by atoms with Crippen molar-refractivity contribution in [3.05, 3.63) is 48.2 Å². The molecule has 0 aliphatic carbocycles. The number of morpholine rings is 1. The Bertz CT molecular complexity index is 1000. The van der Waals surface area contributed by atoms with Crippen molar-refractivity contribution < 1.29 is 14.3 Å². The van der Waals surface area contributed by atoms with Crippen LogP contribution in [0.2, 0.25) is 0 Å². The second kappa shape index (κ2) is 6.35. The summed E-state index contributed by atoms with van der Waals surface area (Å²) in [5.74, 6) is 0.417. The first-order valence-corrected chi connectivity index (χ1v) is 9.25. The Labute approximate surface area is 156 Å². The fraction of sp³-hybridized carbons (Fsp3) is 0.350. The van der Waals surface area contributed by atoms with Gasteiger partial charge in [-0.05, 0) is 25.5 Å². The topological polar surface area (TPSA) is 69.0 Å². The van der Waals surface area contributed by atoms with E-state index in [4.69, 9.17) is 14.6 Å². The van der Waals surface area contributed by atoms with Crippen molar-refractivity contribution in [3.8, 4) is 11.3 Å². The van der Waals surface area contributed by atoms with Crippen molar-refractivity contribution in [2.24, 2.45) is 0 Å². The van der Waals surface area contributed by atoms with Crippen LogP contribution in [-0.4, -0.2) is 52.5 Å². The summed E-state index contributed by atoms with van der Waals surface area (Å²) in [4.78, 5) is 19.6. The average Bonchev–Trinajstić information content (AvgIpc) is 3.42. The number of benzene rings is 1. The largest absolute Gasteiger partial charge is 0.461 e. The van der Waals surface area contributed by atoms with Gasteiger partial charge in [0, 0.05) is 12.1 Å². The van der Waals surface area contributed by atoms with Crippen molar-refractivity contribution in [2.75, 3.05) is 24.7 Å². The van der Waals surface area contributed by atoms with Crippen LogP contribution in [0.5, 0.6) is 0 Å². The third kappa shape index (κ3) is 2.66. The highest BCUT2D eigenvalue weighted by Gasteiger charge is 2.40. The van der Waals surface area contributed by atoms with Gasteiger partial charge >= 0.3 is 5.97 Å². The Kier molecular flexibility index (Phi) is 3.82. The Hall–Kier alpha value is -2.93. The van der Waals surface area contributed by atoms with Crippen molar-refractivity contribution in [1.82, 2.24) is 14.6 Å². The van der Waals surface area contributed by atoms with Crippen LogP contribution < -0.4 is 4.90 Å². The van der Waals surface area contributed by atoms with E-state index >= 15 is 0 Å². The number of imidazole rings is 1. The molecule has 7 heteroatoms. The summed E-state index contributed by atoms with van der Waals surface area (Å²) >= 11 is 0. The molecule has 2 saturated heterocycles. The van der Waals surface area contributed by atoms with Crippen LogP contribution in [0.3, 0.4) is 0 Å². The highest BCUT2D eigenvalue weighted by atomic mass is 16.5. The molecule has 0 unspecified atom stereocenters. The molecule has 0 N–H and O–H groups in total. The Morgan fingerprint density at radius 3 is 2.81 bits per heavy atom. The molecule has 2 aromatic heterocycles. The van der Waals surface area contributed by atoms with Gasteiger partial charge in [-0.3, -0.25) is 0 Å². The van der Waals surface area contributed by atoms with E-state index in [0.29, 0.717) is 29.7 Å². The number of carbonyl (C=O) groups is 1. The van der Waals surface area contributed by atoms with Crippen LogP contribution in [0.15, 0.2) is 42.5 Å². The maximum Gasteiger partial charge on any atom is 0.359 e. The van der Waals surface area contributed by atoms with Crippen LogP contribution in [0.1, 0.15) is 23.8 Å². The molecule has 5 rings (SSSR count). The normalized spacial score (nSPS) is 21.1. The van der Waals surface area contributed by atoms with E-state index in [1.54, 1.807) is 11.4 Å². The lowest BCUT2D eigenvalue weighted by Gasteiger charge is -2.27. The highest BCUT2D eigenvalue weighted by Crippen LogP contribution is 2.32. The van der Waals surface area contributed by atoms with Crippen molar-refractivity contribution >= 4 is 17.4 Å². The fourth-order valence-corrected chi connectivity index (χ4v) is 3.94. The lowest BCUT2D eigenvalue weighted by Crippen LogP contribution is -2.37. The second-order valence-electron chi connectivity index (χ2n) is 6.85. The standard InChI is InChI=1S/C20H20N4O3/c1-2-26-20(25)19-18(13-6-4-3-5-7-13)21-16-8-9-17(22-24(16)19)23-11-15-10-14(23)12-27-15/h3-9,14-15H,2,10-12H2,1H3/t14-,15-/m1/s1. The van der Waals surface area contributed by atoms with Gasteiger partial charge in [-0.2, -0.15) is 0 Å². The van der Waals surface area contributed by atoms with Crippen molar-refractivity contribution in [3.63, 3.8) is 0 Å². The predicted octanol–water partition coefficient (Wildman–Crippen LogP) is 2.55. The Morgan fingerprint density at radius 2 is 2.11 bits per heavy atom. The first kappa shape index (κ1) is 16.3. The van der Waals surface area contributed by atoms with E-state index in [2.05, 4.69) is 9.88 Å². The second-order valence-corrected chi connectivity index (χ2v) is 6.85. The summed E-state index contributed by atoms with van der Waals surface area (Å²) in [7, 11) is 0. The molecule has 0 radical (unpaired) electrons. The van der Waals surface area contributed by atoms with Gasteiger partial charge in [0.1, 0.15) is 11.5 Å². The molecule has 7 nitrogen and oxygen atoms in total. The molecule has 2 atom stereocenters. The smallest absolute Gasteiger partial charge is 0.359 e. The minimum atomic E-state index is -0.417. The molecule has 2 aliphatic rings. The average molecular weight is 364 g/mol. The van der Waals surface area contributed by atoms with Gasteiger partial charge in [0.2, 0.25) is 0 Å². The van der Waals surface area contributed by atoms with Crippen molar-refractivity contribution in [2.45, 2.75) is 25.5 Å².